The number of hydrogen-bond acceptors (Lipinski definition) is 4. The molecule has 0 aromatic heterocycles. The number of nitrogens with one attached hydrogen (secondary N) is 2. The fourth-order valence-corrected chi connectivity index (χ4v) is 3.18. The zero-order chi connectivity index (χ0) is 16.4. The molecule has 0 amide bonds. The summed E-state index contributed by atoms with van der Waals surface area (Å²) in [6.07, 6.45) is 0.987. The van der Waals surface area contributed by atoms with Gasteiger partial charge in [0.1, 0.15) is 12.4 Å². The van der Waals surface area contributed by atoms with Crippen LogP contribution in [0.15, 0.2) is 66.7 Å². The molecule has 3 aromatic carbocycles. The molecule has 0 aliphatic carbocycles. The van der Waals surface area contributed by atoms with Gasteiger partial charge in [0.2, 0.25) is 0 Å². The minimum atomic E-state index is 0.267. The standard InChI is InChI=1S/C20H21N3O/c21-17-6-3-7-19(11-17)24-13-18-12-20(23-22-18)16-9-8-14-4-1-2-5-15(14)10-16/h1-11,18,20,22-23H,12-13,21H2. The van der Waals surface area contributed by atoms with Gasteiger partial charge >= 0.3 is 0 Å². The number of anilines is 1. The first-order valence-corrected chi connectivity index (χ1v) is 8.26. The summed E-state index contributed by atoms with van der Waals surface area (Å²) < 4.78 is 5.84. The van der Waals surface area contributed by atoms with E-state index < -0.39 is 0 Å². The van der Waals surface area contributed by atoms with E-state index in [1.165, 1.54) is 16.3 Å². The van der Waals surface area contributed by atoms with Gasteiger partial charge in [0.25, 0.3) is 0 Å². The third kappa shape index (κ3) is 3.20. The molecule has 1 saturated heterocycles. The molecule has 3 aromatic rings. The van der Waals surface area contributed by atoms with Crippen molar-refractivity contribution in [2.75, 3.05) is 12.3 Å². The molecule has 1 aliphatic heterocycles. The van der Waals surface area contributed by atoms with Crippen LogP contribution in [0.25, 0.3) is 10.8 Å². The monoisotopic (exact) mass is 319 g/mol. The molecule has 4 nitrogen and oxygen atoms in total. The fraction of sp³-hybridized carbons (Fsp3) is 0.200. The maximum atomic E-state index is 5.84. The Kier molecular flexibility index (Phi) is 4.07. The van der Waals surface area contributed by atoms with E-state index >= 15 is 0 Å². The lowest BCUT2D eigenvalue weighted by Gasteiger charge is -2.12. The molecule has 122 valence electrons. The number of fused-ring (bicyclic) bond motifs is 1. The molecule has 0 bridgehead atoms. The molecule has 4 rings (SSSR count). The van der Waals surface area contributed by atoms with E-state index in [1.54, 1.807) is 0 Å². The topological polar surface area (TPSA) is 59.3 Å². The summed E-state index contributed by atoms with van der Waals surface area (Å²) in [5, 5.41) is 2.55. The third-order valence-electron chi connectivity index (χ3n) is 4.47. The van der Waals surface area contributed by atoms with Crippen molar-refractivity contribution in [3.63, 3.8) is 0 Å². The summed E-state index contributed by atoms with van der Waals surface area (Å²) in [5.74, 6) is 0.811. The van der Waals surface area contributed by atoms with Crippen LogP contribution >= 0.6 is 0 Å². The van der Waals surface area contributed by atoms with E-state index in [4.69, 9.17) is 10.5 Å². The minimum Gasteiger partial charge on any atom is -0.492 e. The Morgan fingerprint density at radius 3 is 2.67 bits per heavy atom. The van der Waals surface area contributed by atoms with Gasteiger partial charge in [-0.1, -0.05) is 42.5 Å². The largest absolute Gasteiger partial charge is 0.492 e. The Labute approximate surface area is 141 Å². The lowest BCUT2D eigenvalue weighted by atomic mass is 9.99. The predicted molar refractivity (Wildman–Crippen MR) is 97.7 cm³/mol. The highest BCUT2D eigenvalue weighted by Gasteiger charge is 2.25. The molecule has 0 spiro atoms. The van der Waals surface area contributed by atoms with Crippen LogP contribution in [0.2, 0.25) is 0 Å². The van der Waals surface area contributed by atoms with Crippen LogP contribution in [0, 0.1) is 0 Å². The molecule has 4 heteroatoms. The Hall–Kier alpha value is -2.56. The average Bonchev–Trinajstić information content (AvgIpc) is 3.09. The van der Waals surface area contributed by atoms with Gasteiger partial charge in [0.05, 0.1) is 6.04 Å². The van der Waals surface area contributed by atoms with E-state index in [9.17, 15) is 0 Å². The van der Waals surface area contributed by atoms with Crippen molar-refractivity contribution in [3.8, 4) is 5.75 Å². The van der Waals surface area contributed by atoms with Crippen LogP contribution in [0.4, 0.5) is 5.69 Å². The van der Waals surface area contributed by atoms with Gasteiger partial charge in [0.15, 0.2) is 0 Å². The first-order valence-electron chi connectivity index (χ1n) is 8.26. The van der Waals surface area contributed by atoms with Gasteiger partial charge in [-0.05, 0) is 41.0 Å². The summed E-state index contributed by atoms with van der Waals surface area (Å²) in [6.45, 7) is 0.612. The lowest BCUT2D eigenvalue weighted by Crippen LogP contribution is -2.34. The lowest BCUT2D eigenvalue weighted by molar-refractivity contribution is 0.273. The Bertz CT molecular complexity index is 849. The highest BCUT2D eigenvalue weighted by Crippen LogP contribution is 2.26. The highest BCUT2D eigenvalue weighted by molar-refractivity contribution is 5.83. The summed E-state index contributed by atoms with van der Waals surface area (Å²) in [4.78, 5) is 0. The van der Waals surface area contributed by atoms with Crippen LogP contribution in [-0.4, -0.2) is 12.6 Å². The Balaban J connectivity index is 1.40. The van der Waals surface area contributed by atoms with Gasteiger partial charge in [0, 0.05) is 17.8 Å². The van der Waals surface area contributed by atoms with Crippen molar-refractivity contribution in [1.82, 2.24) is 10.9 Å². The summed E-state index contributed by atoms with van der Waals surface area (Å²) >= 11 is 0. The summed E-state index contributed by atoms with van der Waals surface area (Å²) in [7, 11) is 0. The van der Waals surface area contributed by atoms with Crippen LogP contribution in [0.5, 0.6) is 5.75 Å². The van der Waals surface area contributed by atoms with Crippen LogP contribution in [0.3, 0.4) is 0 Å². The van der Waals surface area contributed by atoms with Gasteiger partial charge in [-0.15, -0.1) is 0 Å². The maximum absolute atomic E-state index is 5.84. The highest BCUT2D eigenvalue weighted by atomic mass is 16.5. The number of hydrazine groups is 1. The molecule has 2 atom stereocenters. The molecular weight excluding hydrogens is 298 g/mol. The number of nitrogen functional groups attached to an aromatic ring is 1. The molecular formula is C20H21N3O. The van der Waals surface area contributed by atoms with Crippen molar-refractivity contribution in [1.29, 1.82) is 0 Å². The Morgan fingerprint density at radius 1 is 0.917 bits per heavy atom. The number of rotatable bonds is 4. The molecule has 24 heavy (non-hydrogen) atoms. The van der Waals surface area contributed by atoms with Gasteiger partial charge in [-0.25, -0.2) is 5.43 Å². The van der Waals surface area contributed by atoms with Gasteiger partial charge in [-0.3, -0.25) is 5.43 Å². The number of hydrogen-bond donors (Lipinski definition) is 3. The zero-order valence-corrected chi connectivity index (χ0v) is 13.4. The number of ether oxygens (including phenoxy) is 1. The van der Waals surface area contributed by atoms with Crippen molar-refractivity contribution < 1.29 is 4.74 Å². The van der Waals surface area contributed by atoms with Crippen LogP contribution in [0.1, 0.15) is 18.0 Å². The summed E-state index contributed by atoms with van der Waals surface area (Å²) in [6, 6.07) is 23.2. The van der Waals surface area contributed by atoms with Crippen LogP contribution in [-0.2, 0) is 0 Å². The first-order chi connectivity index (χ1) is 11.8. The number of nitrogens with two attached hydrogens (primary N) is 1. The van der Waals surface area contributed by atoms with Gasteiger partial charge < -0.3 is 10.5 Å². The predicted octanol–water partition coefficient (Wildman–Crippen LogP) is 3.41. The minimum absolute atomic E-state index is 0.267. The molecule has 0 radical (unpaired) electrons. The average molecular weight is 319 g/mol. The van der Waals surface area contributed by atoms with E-state index in [0.29, 0.717) is 12.6 Å². The second-order valence-electron chi connectivity index (χ2n) is 6.26. The SMILES string of the molecule is Nc1cccc(OCC2CC(c3ccc4ccccc4c3)NN2)c1. The smallest absolute Gasteiger partial charge is 0.121 e. The third-order valence-corrected chi connectivity index (χ3v) is 4.47. The van der Waals surface area contributed by atoms with E-state index in [-0.39, 0.29) is 6.04 Å². The molecule has 1 fully saturated rings. The number of benzene rings is 3. The molecule has 1 aliphatic rings. The second-order valence-corrected chi connectivity index (χ2v) is 6.26. The van der Waals surface area contributed by atoms with Gasteiger partial charge in [-0.2, -0.15) is 0 Å². The maximum Gasteiger partial charge on any atom is 0.121 e. The molecule has 0 saturated carbocycles. The second kappa shape index (κ2) is 6.51. The van der Waals surface area contributed by atoms with E-state index in [0.717, 1.165) is 17.9 Å². The first kappa shape index (κ1) is 15.0. The van der Waals surface area contributed by atoms with Crippen molar-refractivity contribution >= 4 is 16.5 Å². The molecule has 4 N–H and O–H groups in total. The van der Waals surface area contributed by atoms with E-state index in [1.807, 2.05) is 24.3 Å². The fourth-order valence-electron chi connectivity index (χ4n) is 3.18. The molecule has 2 unspecified atom stereocenters. The summed E-state index contributed by atoms with van der Waals surface area (Å²) in [5.41, 5.74) is 14.5. The van der Waals surface area contributed by atoms with Crippen LogP contribution < -0.4 is 21.3 Å². The zero-order valence-electron chi connectivity index (χ0n) is 13.4. The normalized spacial score (nSPS) is 20.3. The Morgan fingerprint density at radius 2 is 1.79 bits per heavy atom. The van der Waals surface area contributed by atoms with E-state index in [2.05, 4.69) is 53.3 Å². The van der Waals surface area contributed by atoms with Crippen molar-refractivity contribution in [2.24, 2.45) is 0 Å². The van der Waals surface area contributed by atoms with Crippen molar-refractivity contribution in [2.45, 2.75) is 18.5 Å². The van der Waals surface area contributed by atoms with Crippen molar-refractivity contribution in [3.05, 3.63) is 72.3 Å². The molecule has 1 heterocycles. The quantitative estimate of drug-likeness (QED) is 0.645.